The molecule has 1 saturated carbocycles. The van der Waals surface area contributed by atoms with Crippen LogP contribution in [0.15, 0.2) is 54.6 Å². The summed E-state index contributed by atoms with van der Waals surface area (Å²) in [6, 6.07) is 15.1. The predicted molar refractivity (Wildman–Crippen MR) is 109 cm³/mol. The van der Waals surface area contributed by atoms with Gasteiger partial charge in [-0.05, 0) is 55.2 Å². The van der Waals surface area contributed by atoms with Crippen LogP contribution >= 0.6 is 0 Å². The lowest BCUT2D eigenvalue weighted by Crippen LogP contribution is -2.47. The number of nitrogens with one attached hydrogen (secondary N) is 3. The number of hydrogen-bond donors (Lipinski definition) is 3. The zero-order chi connectivity index (χ0) is 20.1. The molecule has 3 amide bonds. The Bertz CT molecular complexity index is 843. The van der Waals surface area contributed by atoms with E-state index in [4.69, 9.17) is 0 Å². The normalized spacial score (nSPS) is 14.2. The van der Waals surface area contributed by atoms with Crippen molar-refractivity contribution in [1.82, 2.24) is 5.32 Å². The predicted octanol–water partition coefficient (Wildman–Crippen LogP) is 3.43. The summed E-state index contributed by atoms with van der Waals surface area (Å²) in [5, 5.41) is 8.49. The van der Waals surface area contributed by atoms with Crippen LogP contribution in [0.2, 0.25) is 0 Å². The topological polar surface area (TPSA) is 87.3 Å². The molecular formula is C22H25N3O3. The van der Waals surface area contributed by atoms with Crippen LogP contribution in [0, 0.1) is 11.8 Å². The van der Waals surface area contributed by atoms with Crippen molar-refractivity contribution in [3.63, 3.8) is 0 Å². The summed E-state index contributed by atoms with van der Waals surface area (Å²) in [7, 11) is 0. The van der Waals surface area contributed by atoms with Gasteiger partial charge in [0.15, 0.2) is 0 Å². The lowest BCUT2D eigenvalue weighted by Gasteiger charge is -2.22. The summed E-state index contributed by atoms with van der Waals surface area (Å²) in [6.07, 6.45) is 1.90. The van der Waals surface area contributed by atoms with E-state index in [-0.39, 0.29) is 29.6 Å². The van der Waals surface area contributed by atoms with Crippen LogP contribution in [-0.2, 0) is 9.59 Å². The van der Waals surface area contributed by atoms with Crippen LogP contribution in [0.1, 0.15) is 37.0 Å². The van der Waals surface area contributed by atoms with E-state index in [9.17, 15) is 14.4 Å². The highest BCUT2D eigenvalue weighted by Gasteiger charge is 2.29. The quantitative estimate of drug-likeness (QED) is 0.689. The van der Waals surface area contributed by atoms with Gasteiger partial charge in [0.25, 0.3) is 5.91 Å². The highest BCUT2D eigenvalue weighted by atomic mass is 16.2. The van der Waals surface area contributed by atoms with Gasteiger partial charge in [-0.1, -0.05) is 32.0 Å². The number of carbonyl (C=O) groups excluding carboxylic acids is 3. The largest absolute Gasteiger partial charge is 0.340 e. The molecule has 146 valence electrons. The van der Waals surface area contributed by atoms with E-state index in [2.05, 4.69) is 16.0 Å². The third kappa shape index (κ3) is 5.19. The molecule has 1 aliphatic rings. The third-order valence-corrected chi connectivity index (χ3v) is 4.64. The molecule has 2 aromatic rings. The minimum Gasteiger partial charge on any atom is -0.340 e. The summed E-state index contributed by atoms with van der Waals surface area (Å²) in [5.41, 5.74) is 1.82. The molecule has 3 rings (SSSR count). The Morgan fingerprint density at radius 1 is 0.857 bits per heavy atom. The fourth-order valence-corrected chi connectivity index (χ4v) is 2.80. The molecule has 6 nitrogen and oxygen atoms in total. The van der Waals surface area contributed by atoms with Gasteiger partial charge >= 0.3 is 0 Å². The van der Waals surface area contributed by atoms with E-state index in [1.807, 2.05) is 19.9 Å². The van der Waals surface area contributed by atoms with Crippen LogP contribution in [0.4, 0.5) is 11.4 Å². The maximum absolute atomic E-state index is 12.7. The first-order valence-corrected chi connectivity index (χ1v) is 9.51. The Morgan fingerprint density at radius 2 is 1.43 bits per heavy atom. The Labute approximate surface area is 164 Å². The van der Waals surface area contributed by atoms with Crippen LogP contribution in [-0.4, -0.2) is 23.8 Å². The fourth-order valence-electron chi connectivity index (χ4n) is 2.80. The monoisotopic (exact) mass is 379 g/mol. The van der Waals surface area contributed by atoms with E-state index < -0.39 is 6.04 Å². The van der Waals surface area contributed by atoms with Crippen LogP contribution in [0.5, 0.6) is 0 Å². The number of rotatable bonds is 7. The molecule has 0 spiro atoms. The van der Waals surface area contributed by atoms with Gasteiger partial charge in [-0.3, -0.25) is 14.4 Å². The Kier molecular flexibility index (Phi) is 6.09. The van der Waals surface area contributed by atoms with E-state index in [0.29, 0.717) is 16.9 Å². The Balaban J connectivity index is 1.60. The molecule has 0 aliphatic heterocycles. The lowest BCUT2D eigenvalue weighted by atomic mass is 10.0. The zero-order valence-electron chi connectivity index (χ0n) is 16.1. The molecule has 28 heavy (non-hydrogen) atoms. The summed E-state index contributed by atoms with van der Waals surface area (Å²) in [4.78, 5) is 36.9. The SMILES string of the molecule is CC(C)C(NC(=O)c1ccccc1)C(=O)Nc1ccc(NC(=O)C2CC2)cc1. The molecule has 1 atom stereocenters. The van der Waals surface area contributed by atoms with Crippen molar-refractivity contribution < 1.29 is 14.4 Å². The molecule has 0 heterocycles. The highest BCUT2D eigenvalue weighted by Crippen LogP contribution is 2.30. The molecule has 1 fully saturated rings. The van der Waals surface area contributed by atoms with Crippen molar-refractivity contribution >= 4 is 29.1 Å². The van der Waals surface area contributed by atoms with Crippen molar-refractivity contribution in [2.45, 2.75) is 32.7 Å². The maximum atomic E-state index is 12.7. The molecule has 0 aromatic heterocycles. The van der Waals surface area contributed by atoms with Crippen molar-refractivity contribution in [1.29, 1.82) is 0 Å². The number of hydrogen-bond acceptors (Lipinski definition) is 3. The Morgan fingerprint density at radius 3 is 1.96 bits per heavy atom. The van der Waals surface area contributed by atoms with Crippen LogP contribution in [0.25, 0.3) is 0 Å². The van der Waals surface area contributed by atoms with Crippen LogP contribution < -0.4 is 16.0 Å². The molecule has 1 unspecified atom stereocenters. The van der Waals surface area contributed by atoms with E-state index in [0.717, 1.165) is 12.8 Å². The van der Waals surface area contributed by atoms with Gasteiger partial charge in [-0.15, -0.1) is 0 Å². The van der Waals surface area contributed by atoms with E-state index in [1.54, 1.807) is 48.5 Å². The van der Waals surface area contributed by atoms with E-state index >= 15 is 0 Å². The first-order valence-electron chi connectivity index (χ1n) is 9.51. The second-order valence-electron chi connectivity index (χ2n) is 7.39. The lowest BCUT2D eigenvalue weighted by molar-refractivity contribution is -0.119. The average Bonchev–Trinajstić information content (AvgIpc) is 3.53. The van der Waals surface area contributed by atoms with Crippen molar-refractivity contribution in [3.8, 4) is 0 Å². The van der Waals surface area contributed by atoms with E-state index in [1.165, 1.54) is 0 Å². The third-order valence-electron chi connectivity index (χ3n) is 4.64. The van der Waals surface area contributed by atoms with Gasteiger partial charge in [0.1, 0.15) is 6.04 Å². The van der Waals surface area contributed by atoms with Crippen LogP contribution in [0.3, 0.4) is 0 Å². The molecular weight excluding hydrogens is 354 g/mol. The second-order valence-corrected chi connectivity index (χ2v) is 7.39. The number of anilines is 2. The highest BCUT2D eigenvalue weighted by molar-refractivity contribution is 6.01. The zero-order valence-corrected chi connectivity index (χ0v) is 16.1. The average molecular weight is 379 g/mol. The molecule has 0 radical (unpaired) electrons. The summed E-state index contributed by atoms with van der Waals surface area (Å²) < 4.78 is 0. The standard InChI is InChI=1S/C22H25N3O3/c1-14(2)19(25-21(27)15-6-4-3-5-7-15)22(28)24-18-12-10-17(11-13-18)23-20(26)16-8-9-16/h3-7,10-14,16,19H,8-9H2,1-2H3,(H,23,26)(H,24,28)(H,25,27). The van der Waals surface area contributed by atoms with Crippen molar-refractivity contribution in [2.75, 3.05) is 10.6 Å². The molecule has 2 aromatic carbocycles. The minimum atomic E-state index is -0.665. The summed E-state index contributed by atoms with van der Waals surface area (Å²) >= 11 is 0. The van der Waals surface area contributed by atoms with Crippen molar-refractivity contribution in [3.05, 3.63) is 60.2 Å². The molecule has 1 aliphatic carbocycles. The second kappa shape index (κ2) is 8.69. The number of benzene rings is 2. The van der Waals surface area contributed by atoms with Gasteiger partial charge in [0, 0.05) is 22.9 Å². The van der Waals surface area contributed by atoms with Gasteiger partial charge in [0.05, 0.1) is 0 Å². The molecule has 3 N–H and O–H groups in total. The number of carbonyl (C=O) groups is 3. The molecule has 0 saturated heterocycles. The summed E-state index contributed by atoms with van der Waals surface area (Å²) in [6.45, 7) is 3.76. The first kappa shape index (κ1) is 19.6. The maximum Gasteiger partial charge on any atom is 0.251 e. The van der Waals surface area contributed by atoms with Crippen molar-refractivity contribution in [2.24, 2.45) is 11.8 Å². The van der Waals surface area contributed by atoms with Gasteiger partial charge in [0.2, 0.25) is 11.8 Å². The fraction of sp³-hybridized carbons (Fsp3) is 0.318. The smallest absolute Gasteiger partial charge is 0.251 e. The first-order chi connectivity index (χ1) is 13.4. The molecule has 0 bridgehead atoms. The van der Waals surface area contributed by atoms with Gasteiger partial charge < -0.3 is 16.0 Å². The Hall–Kier alpha value is -3.15. The minimum absolute atomic E-state index is 0.0419. The summed E-state index contributed by atoms with van der Waals surface area (Å²) in [5.74, 6) is -0.467. The van der Waals surface area contributed by atoms with Gasteiger partial charge in [-0.25, -0.2) is 0 Å². The number of amides is 3. The molecule has 6 heteroatoms. The van der Waals surface area contributed by atoms with Gasteiger partial charge in [-0.2, -0.15) is 0 Å².